The molecule has 0 aromatic carbocycles. The largest absolute Gasteiger partial charge is 0.443 e. The number of nitrogens with zero attached hydrogens (tertiary/aromatic N) is 6. The minimum atomic E-state index is -1.28. The number of rotatable bonds is 6. The number of aliphatic imine (C=N–C) groups is 1. The summed E-state index contributed by atoms with van der Waals surface area (Å²) in [4.78, 5) is 34.0. The number of pyridine rings is 1. The van der Waals surface area contributed by atoms with Gasteiger partial charge >= 0.3 is 6.09 Å². The molecule has 10 nitrogen and oxygen atoms in total. The van der Waals surface area contributed by atoms with Gasteiger partial charge in [-0.2, -0.15) is 4.98 Å². The number of amidine groups is 1. The number of carbonyl (C=O) groups excluding carboxylic acids is 1. The molecule has 0 aliphatic carbocycles. The van der Waals surface area contributed by atoms with Crippen molar-refractivity contribution < 1.29 is 13.7 Å². The predicted molar refractivity (Wildman–Crippen MR) is 145 cm³/mol. The Labute approximate surface area is 218 Å². The van der Waals surface area contributed by atoms with Crippen molar-refractivity contribution in [1.29, 1.82) is 0 Å². The molecule has 0 saturated carbocycles. The van der Waals surface area contributed by atoms with Gasteiger partial charge in [-0.25, -0.2) is 23.9 Å². The van der Waals surface area contributed by atoms with E-state index in [2.05, 4.69) is 14.7 Å². The van der Waals surface area contributed by atoms with E-state index >= 15 is 0 Å². The number of aromatic nitrogens is 3. The minimum Gasteiger partial charge on any atom is -0.443 e. The molecule has 4 rings (SSSR count). The summed E-state index contributed by atoms with van der Waals surface area (Å²) in [6.45, 7) is 8.75. The summed E-state index contributed by atoms with van der Waals surface area (Å²) in [6, 6.07) is 1.81. The number of hydrogen-bond donors (Lipinski definition) is 1. The molecule has 1 unspecified atom stereocenters. The quantitative estimate of drug-likeness (QED) is 0.582. The Hall–Kier alpha value is -3.05. The first-order valence-electron chi connectivity index (χ1n) is 11.8. The highest BCUT2D eigenvalue weighted by molar-refractivity contribution is 7.86. The molecule has 0 radical (unpaired) electrons. The number of anilines is 3. The lowest BCUT2D eigenvalue weighted by Crippen LogP contribution is -2.40. The van der Waals surface area contributed by atoms with Gasteiger partial charge in [0.15, 0.2) is 5.82 Å². The second kappa shape index (κ2) is 10.5. The van der Waals surface area contributed by atoms with Gasteiger partial charge in [0.1, 0.15) is 28.2 Å². The molecule has 192 valence electrons. The van der Waals surface area contributed by atoms with E-state index in [4.69, 9.17) is 26.3 Å². The maximum atomic E-state index is 12.6. The third kappa shape index (κ3) is 5.52. The van der Waals surface area contributed by atoms with Crippen LogP contribution in [0.5, 0.6) is 0 Å². The molecule has 1 atom stereocenters. The van der Waals surface area contributed by atoms with Crippen molar-refractivity contribution in [1.82, 2.24) is 15.0 Å². The Morgan fingerprint density at radius 2 is 2.11 bits per heavy atom. The zero-order valence-electron chi connectivity index (χ0n) is 21.0. The Morgan fingerprint density at radius 1 is 1.33 bits per heavy atom. The second-order valence-electron chi connectivity index (χ2n) is 9.43. The molecule has 2 aromatic rings. The first-order chi connectivity index (χ1) is 17.1. The lowest BCUT2D eigenvalue weighted by molar-refractivity contribution is 0.0587. The predicted octanol–water partition coefficient (Wildman–Crippen LogP) is 4.54. The highest BCUT2D eigenvalue weighted by Gasteiger charge is 2.32. The highest BCUT2D eigenvalue weighted by Crippen LogP contribution is 2.39. The maximum Gasteiger partial charge on any atom is 0.416 e. The summed E-state index contributed by atoms with van der Waals surface area (Å²) < 4.78 is 20.6. The van der Waals surface area contributed by atoms with Crippen LogP contribution in [-0.4, -0.2) is 62.6 Å². The number of carbonyl (C=O) groups is 1. The van der Waals surface area contributed by atoms with Gasteiger partial charge in [0, 0.05) is 55.0 Å². The fourth-order valence-corrected chi connectivity index (χ4v) is 4.95. The Bertz CT molecular complexity index is 1260. The fraction of sp³-hybridized carbons (Fsp3) is 0.458. The van der Waals surface area contributed by atoms with Crippen LogP contribution in [0, 0.1) is 0 Å². The van der Waals surface area contributed by atoms with Gasteiger partial charge in [-0.15, -0.1) is 0 Å². The normalized spacial score (nSPS) is 15.8. The second-order valence-corrected chi connectivity index (χ2v) is 11.1. The average molecular weight is 532 g/mol. The number of hydrogen-bond acceptors (Lipinski definition) is 8. The topological polar surface area (TPSA) is 113 Å². The van der Waals surface area contributed by atoms with Gasteiger partial charge < -0.3 is 9.64 Å². The first-order valence-corrected chi connectivity index (χ1v) is 13.5. The smallest absolute Gasteiger partial charge is 0.416 e. The molecule has 36 heavy (non-hydrogen) atoms. The van der Waals surface area contributed by atoms with E-state index in [0.717, 1.165) is 29.8 Å². The number of halogens is 1. The van der Waals surface area contributed by atoms with E-state index in [1.54, 1.807) is 19.4 Å². The van der Waals surface area contributed by atoms with Crippen LogP contribution in [0.1, 0.15) is 51.7 Å². The van der Waals surface area contributed by atoms with Crippen LogP contribution < -0.4 is 14.5 Å². The summed E-state index contributed by atoms with van der Waals surface area (Å²) >= 11 is 6.74. The van der Waals surface area contributed by atoms with Gasteiger partial charge in [0.2, 0.25) is 5.95 Å². The SMILES string of the molecule is CCCS(=O)Nc1nccc(C2=Cc3cnc(N(C)C(=O)OC(C)(C)C)nc3N3CCCN=C23)c1Cl. The van der Waals surface area contributed by atoms with Crippen molar-refractivity contribution in [2.45, 2.75) is 46.1 Å². The van der Waals surface area contributed by atoms with E-state index in [1.165, 1.54) is 4.90 Å². The number of amides is 1. The summed E-state index contributed by atoms with van der Waals surface area (Å²) in [5.74, 6) is 2.48. The Morgan fingerprint density at radius 3 is 2.83 bits per heavy atom. The third-order valence-electron chi connectivity index (χ3n) is 5.38. The molecule has 0 spiro atoms. The van der Waals surface area contributed by atoms with Crippen LogP contribution in [0.4, 0.5) is 22.4 Å². The van der Waals surface area contributed by atoms with E-state index in [0.29, 0.717) is 41.1 Å². The molecule has 1 amide bonds. The van der Waals surface area contributed by atoms with E-state index in [1.807, 2.05) is 44.7 Å². The van der Waals surface area contributed by atoms with Crippen LogP contribution in [0.25, 0.3) is 11.6 Å². The summed E-state index contributed by atoms with van der Waals surface area (Å²) in [6.07, 6.45) is 6.33. The van der Waals surface area contributed by atoms with Gasteiger partial charge in [0.25, 0.3) is 0 Å². The van der Waals surface area contributed by atoms with Gasteiger partial charge in [-0.05, 0) is 45.8 Å². The minimum absolute atomic E-state index is 0.233. The summed E-state index contributed by atoms with van der Waals surface area (Å²) in [5, 5.41) is 0.368. The lowest BCUT2D eigenvalue weighted by atomic mass is 9.97. The fourth-order valence-electron chi connectivity index (χ4n) is 3.79. The number of nitrogens with one attached hydrogen (secondary N) is 1. The van der Waals surface area contributed by atoms with Gasteiger partial charge in [-0.3, -0.25) is 9.71 Å². The summed E-state index contributed by atoms with van der Waals surface area (Å²) in [7, 11) is 0.306. The van der Waals surface area contributed by atoms with Gasteiger partial charge in [0.05, 0.1) is 5.02 Å². The van der Waals surface area contributed by atoms with Gasteiger partial charge in [-0.1, -0.05) is 18.5 Å². The highest BCUT2D eigenvalue weighted by atomic mass is 35.5. The van der Waals surface area contributed by atoms with Crippen LogP contribution in [0.15, 0.2) is 23.5 Å². The maximum absolute atomic E-state index is 12.6. The van der Waals surface area contributed by atoms with E-state index in [9.17, 15) is 9.00 Å². The first kappa shape index (κ1) is 26.0. The lowest BCUT2D eigenvalue weighted by Gasteiger charge is -2.34. The molecule has 0 bridgehead atoms. The van der Waals surface area contributed by atoms with E-state index < -0.39 is 22.7 Å². The molecule has 2 aliphatic rings. The molecular weight excluding hydrogens is 502 g/mol. The zero-order valence-corrected chi connectivity index (χ0v) is 22.6. The number of ether oxygens (including phenoxy) is 1. The van der Waals surface area contributed by atoms with Crippen molar-refractivity contribution in [3.63, 3.8) is 0 Å². The van der Waals surface area contributed by atoms with Crippen molar-refractivity contribution in [3.8, 4) is 0 Å². The molecule has 4 heterocycles. The molecule has 2 aliphatic heterocycles. The standard InChI is InChI=1S/C24H30ClN7O3S/c1-6-12-36(34)30-19-18(25)16(8-10-26-19)17-13-15-14-28-22(31(5)23(33)35-24(2,3)4)29-20(15)32-11-7-9-27-21(17)32/h8,10,13-14H,6-7,9,11-12H2,1-5H3,(H,26,30). The van der Waals surface area contributed by atoms with Crippen LogP contribution >= 0.6 is 11.6 Å². The molecule has 0 saturated heterocycles. The van der Waals surface area contributed by atoms with Crippen molar-refractivity contribution in [3.05, 3.63) is 34.6 Å². The monoisotopic (exact) mass is 531 g/mol. The van der Waals surface area contributed by atoms with Crippen LogP contribution in [0.2, 0.25) is 5.02 Å². The third-order valence-corrected chi connectivity index (χ3v) is 6.97. The zero-order chi connectivity index (χ0) is 26.0. The van der Waals surface area contributed by atoms with Crippen molar-refractivity contribution in [2.75, 3.05) is 40.4 Å². The Kier molecular flexibility index (Phi) is 7.60. The van der Waals surface area contributed by atoms with Crippen molar-refractivity contribution in [2.24, 2.45) is 4.99 Å². The number of fused-ring (bicyclic) bond motifs is 3. The van der Waals surface area contributed by atoms with E-state index in [-0.39, 0.29) is 5.95 Å². The summed E-state index contributed by atoms with van der Waals surface area (Å²) in [5.41, 5.74) is 1.65. The van der Waals surface area contributed by atoms with Crippen LogP contribution in [-0.2, 0) is 15.7 Å². The average Bonchev–Trinajstić information content (AvgIpc) is 2.83. The Balaban J connectivity index is 1.73. The molecule has 2 aromatic heterocycles. The molecule has 1 N–H and O–H groups in total. The molecular formula is C24H30ClN7O3S. The molecule has 0 fully saturated rings. The van der Waals surface area contributed by atoms with Crippen LogP contribution in [0.3, 0.4) is 0 Å². The van der Waals surface area contributed by atoms with Crippen molar-refractivity contribution >= 4 is 63.7 Å². The molecule has 12 heteroatoms.